The zero-order valence-electron chi connectivity index (χ0n) is 10.5. The topological polar surface area (TPSA) is 78.9 Å². The molecule has 0 unspecified atom stereocenters. The average molecular weight is 286 g/mol. The number of halogens is 1. The molecule has 100 valence electrons. The van der Waals surface area contributed by atoms with Crippen molar-refractivity contribution in [3.05, 3.63) is 64.7 Å². The summed E-state index contributed by atoms with van der Waals surface area (Å²) in [6.45, 7) is 0. The molecule has 0 radical (unpaired) electrons. The Kier molecular flexibility index (Phi) is 4.36. The smallest absolute Gasteiger partial charge is 0.245 e. The fraction of sp³-hybridized carbons (Fsp3) is 0.0667. The lowest BCUT2D eigenvalue weighted by Crippen LogP contribution is -2.28. The summed E-state index contributed by atoms with van der Waals surface area (Å²) in [6, 6.07) is 14.9. The van der Waals surface area contributed by atoms with Crippen molar-refractivity contribution < 1.29 is 4.79 Å². The maximum atomic E-state index is 12.1. The van der Waals surface area contributed by atoms with Crippen LogP contribution in [-0.4, -0.2) is 5.91 Å². The van der Waals surface area contributed by atoms with Crippen molar-refractivity contribution in [3.63, 3.8) is 0 Å². The molecule has 0 spiro atoms. The first-order chi connectivity index (χ1) is 9.61. The first kappa shape index (κ1) is 14.1. The van der Waals surface area contributed by atoms with E-state index in [1.54, 1.807) is 24.3 Å². The number of nitrogens with one attached hydrogen (secondary N) is 1. The van der Waals surface area contributed by atoms with Crippen LogP contribution in [0.25, 0.3) is 0 Å². The van der Waals surface area contributed by atoms with Crippen molar-refractivity contribution in [1.29, 1.82) is 5.26 Å². The van der Waals surface area contributed by atoms with Crippen LogP contribution in [0.3, 0.4) is 0 Å². The number of hydrogen-bond donors (Lipinski definition) is 2. The zero-order valence-corrected chi connectivity index (χ0v) is 11.3. The van der Waals surface area contributed by atoms with Crippen molar-refractivity contribution in [2.45, 2.75) is 6.04 Å². The molecule has 3 N–H and O–H groups in total. The third-order valence-corrected chi connectivity index (χ3v) is 3.04. The number of amides is 1. The van der Waals surface area contributed by atoms with Crippen LogP contribution in [0.2, 0.25) is 5.02 Å². The van der Waals surface area contributed by atoms with E-state index in [1.165, 1.54) is 6.07 Å². The van der Waals surface area contributed by atoms with Gasteiger partial charge in [0.05, 0.1) is 11.3 Å². The van der Waals surface area contributed by atoms with Gasteiger partial charge in [0, 0.05) is 5.02 Å². The molecule has 0 heterocycles. The summed E-state index contributed by atoms with van der Waals surface area (Å²) in [5, 5.41) is 12.1. The molecule has 1 amide bonds. The minimum absolute atomic E-state index is 0.336. The minimum atomic E-state index is -0.804. The standard InChI is InChI=1S/C15H12ClN3O/c16-12-7-6-11(9-17)13(8-12)19-15(20)14(18)10-4-2-1-3-5-10/h1-8,14H,18H2,(H,19,20)/t14-/m1/s1. The second kappa shape index (κ2) is 6.20. The molecule has 5 heteroatoms. The van der Waals surface area contributed by atoms with Gasteiger partial charge in [-0.3, -0.25) is 4.79 Å². The van der Waals surface area contributed by atoms with Crippen molar-refractivity contribution >= 4 is 23.2 Å². The molecule has 1 atom stereocenters. The molecule has 0 aromatic heterocycles. The Morgan fingerprint density at radius 3 is 2.60 bits per heavy atom. The summed E-state index contributed by atoms with van der Waals surface area (Å²) < 4.78 is 0. The molecule has 0 aliphatic rings. The van der Waals surface area contributed by atoms with E-state index < -0.39 is 11.9 Å². The van der Waals surface area contributed by atoms with E-state index in [1.807, 2.05) is 24.3 Å². The predicted octanol–water partition coefficient (Wildman–Crippen LogP) is 2.85. The molecular weight excluding hydrogens is 274 g/mol. The number of nitriles is 1. The van der Waals surface area contributed by atoms with Crippen LogP contribution >= 0.6 is 11.6 Å². The van der Waals surface area contributed by atoms with E-state index in [0.717, 1.165) is 0 Å². The van der Waals surface area contributed by atoms with Crippen molar-refractivity contribution in [3.8, 4) is 6.07 Å². The average Bonchev–Trinajstić information content (AvgIpc) is 2.47. The van der Waals surface area contributed by atoms with E-state index in [4.69, 9.17) is 22.6 Å². The first-order valence-electron chi connectivity index (χ1n) is 5.93. The number of hydrogen-bond acceptors (Lipinski definition) is 3. The monoisotopic (exact) mass is 285 g/mol. The van der Waals surface area contributed by atoms with Crippen LogP contribution in [0.4, 0.5) is 5.69 Å². The maximum absolute atomic E-state index is 12.1. The number of nitrogens with zero attached hydrogens (tertiary/aromatic N) is 1. The van der Waals surface area contributed by atoms with Gasteiger partial charge in [0.25, 0.3) is 0 Å². The van der Waals surface area contributed by atoms with Crippen LogP contribution < -0.4 is 11.1 Å². The van der Waals surface area contributed by atoms with Gasteiger partial charge in [0.2, 0.25) is 5.91 Å². The fourth-order valence-corrected chi connectivity index (χ4v) is 1.91. The lowest BCUT2D eigenvalue weighted by Gasteiger charge is -2.13. The summed E-state index contributed by atoms with van der Waals surface area (Å²) in [5.41, 5.74) is 7.28. The van der Waals surface area contributed by atoms with Gasteiger partial charge in [0.1, 0.15) is 12.1 Å². The first-order valence-corrected chi connectivity index (χ1v) is 6.30. The summed E-state index contributed by atoms with van der Waals surface area (Å²) in [5.74, 6) is -0.394. The second-order valence-corrected chi connectivity index (χ2v) is 4.62. The predicted molar refractivity (Wildman–Crippen MR) is 78.2 cm³/mol. The van der Waals surface area contributed by atoms with Gasteiger partial charge >= 0.3 is 0 Å². The Bertz CT molecular complexity index is 665. The number of carbonyl (C=O) groups excluding carboxylic acids is 1. The van der Waals surface area contributed by atoms with E-state index in [0.29, 0.717) is 21.8 Å². The highest BCUT2D eigenvalue weighted by molar-refractivity contribution is 6.31. The van der Waals surface area contributed by atoms with Crippen LogP contribution in [0.1, 0.15) is 17.2 Å². The van der Waals surface area contributed by atoms with E-state index >= 15 is 0 Å². The molecule has 2 aromatic rings. The van der Waals surface area contributed by atoms with Crippen LogP contribution in [0, 0.1) is 11.3 Å². The molecule has 0 aliphatic carbocycles. The fourth-order valence-electron chi connectivity index (χ4n) is 1.74. The minimum Gasteiger partial charge on any atom is -0.323 e. The van der Waals surface area contributed by atoms with Crippen molar-refractivity contribution in [1.82, 2.24) is 0 Å². The van der Waals surface area contributed by atoms with Gasteiger partial charge in [-0.1, -0.05) is 41.9 Å². The Balaban J connectivity index is 2.20. The summed E-state index contributed by atoms with van der Waals surface area (Å²) in [4.78, 5) is 12.1. The molecule has 2 rings (SSSR count). The largest absolute Gasteiger partial charge is 0.323 e. The maximum Gasteiger partial charge on any atom is 0.245 e. The van der Waals surface area contributed by atoms with Crippen LogP contribution in [-0.2, 0) is 4.79 Å². The number of nitrogens with two attached hydrogens (primary N) is 1. The van der Waals surface area contributed by atoms with Crippen molar-refractivity contribution in [2.75, 3.05) is 5.32 Å². The molecule has 0 bridgehead atoms. The third-order valence-electron chi connectivity index (χ3n) is 2.80. The quantitative estimate of drug-likeness (QED) is 0.910. The van der Waals surface area contributed by atoms with Crippen LogP contribution in [0.15, 0.2) is 48.5 Å². The number of rotatable bonds is 3. The summed E-state index contributed by atoms with van der Waals surface area (Å²) in [7, 11) is 0. The molecule has 0 saturated heterocycles. The number of carbonyl (C=O) groups is 1. The second-order valence-electron chi connectivity index (χ2n) is 4.18. The Morgan fingerprint density at radius 1 is 1.25 bits per heavy atom. The van der Waals surface area contributed by atoms with E-state index in [9.17, 15) is 4.79 Å². The molecule has 4 nitrogen and oxygen atoms in total. The molecule has 20 heavy (non-hydrogen) atoms. The van der Waals surface area contributed by atoms with E-state index in [2.05, 4.69) is 5.32 Å². The van der Waals surface area contributed by atoms with Gasteiger partial charge in [-0.15, -0.1) is 0 Å². The Labute approximate surface area is 121 Å². The number of anilines is 1. The lowest BCUT2D eigenvalue weighted by atomic mass is 10.1. The number of benzene rings is 2. The molecule has 0 fully saturated rings. The van der Waals surface area contributed by atoms with Gasteiger partial charge in [-0.2, -0.15) is 5.26 Å². The highest BCUT2D eigenvalue weighted by Crippen LogP contribution is 2.21. The lowest BCUT2D eigenvalue weighted by molar-refractivity contribution is -0.117. The Hall–Kier alpha value is -2.35. The van der Waals surface area contributed by atoms with Gasteiger partial charge in [-0.25, -0.2) is 0 Å². The van der Waals surface area contributed by atoms with Gasteiger partial charge < -0.3 is 11.1 Å². The van der Waals surface area contributed by atoms with Crippen LogP contribution in [0.5, 0.6) is 0 Å². The zero-order chi connectivity index (χ0) is 14.5. The molecule has 2 aromatic carbocycles. The van der Waals surface area contributed by atoms with Crippen molar-refractivity contribution in [2.24, 2.45) is 5.73 Å². The molecule has 0 aliphatic heterocycles. The Morgan fingerprint density at radius 2 is 1.95 bits per heavy atom. The summed E-state index contributed by atoms with van der Waals surface area (Å²) in [6.07, 6.45) is 0. The SMILES string of the molecule is N#Cc1ccc(Cl)cc1NC(=O)[C@H](N)c1ccccc1. The highest BCUT2D eigenvalue weighted by atomic mass is 35.5. The third kappa shape index (κ3) is 3.15. The highest BCUT2D eigenvalue weighted by Gasteiger charge is 2.17. The van der Waals surface area contributed by atoms with Gasteiger partial charge in [0.15, 0.2) is 0 Å². The van der Waals surface area contributed by atoms with Gasteiger partial charge in [-0.05, 0) is 23.8 Å². The summed E-state index contributed by atoms with van der Waals surface area (Å²) >= 11 is 5.86. The molecular formula is C15H12ClN3O. The molecule has 0 saturated carbocycles. The van der Waals surface area contributed by atoms with E-state index in [-0.39, 0.29) is 0 Å². The normalized spacial score (nSPS) is 11.4.